The summed E-state index contributed by atoms with van der Waals surface area (Å²) in [5.74, 6) is 0.0692. The first-order valence-electron chi connectivity index (χ1n) is 12.4. The van der Waals surface area contributed by atoms with Crippen molar-refractivity contribution >= 4 is 12.1 Å². The number of nitrogens with zero attached hydrogens (tertiary/aromatic N) is 2. The molecule has 0 aromatic rings. The van der Waals surface area contributed by atoms with Gasteiger partial charge in [0.2, 0.25) is 5.91 Å². The Kier molecular flexibility index (Phi) is 14.8. The van der Waals surface area contributed by atoms with Crippen molar-refractivity contribution in [1.82, 2.24) is 5.32 Å². The third-order valence-corrected chi connectivity index (χ3v) is 6.37. The standard InChI is InChI=1S/C25H47N3O/c1-4-6-7-8-9-10-11-12-13-14-15-16-17-18-19-25-27-21-23-28(25,5-2)22-20-26-24(3)29/h7-8,21,25H,4-6,9-20,22-23H2,1-3H3/p+1/b8-7+. The lowest BCUT2D eigenvalue weighted by Gasteiger charge is -2.38. The van der Waals surface area contributed by atoms with E-state index in [1.54, 1.807) is 6.92 Å². The first-order chi connectivity index (χ1) is 14.1. The van der Waals surface area contributed by atoms with Crippen LogP contribution in [-0.4, -0.2) is 48.9 Å². The highest BCUT2D eigenvalue weighted by atomic mass is 16.1. The van der Waals surface area contributed by atoms with E-state index in [4.69, 9.17) is 4.99 Å². The quantitative estimate of drug-likeness (QED) is 0.169. The van der Waals surface area contributed by atoms with Crippen molar-refractivity contribution < 1.29 is 9.28 Å². The molecule has 0 aromatic carbocycles. The molecule has 2 unspecified atom stereocenters. The van der Waals surface area contributed by atoms with Gasteiger partial charge in [-0.25, -0.2) is 4.99 Å². The summed E-state index contributed by atoms with van der Waals surface area (Å²) in [6, 6.07) is 0. The zero-order chi connectivity index (χ0) is 21.2. The van der Waals surface area contributed by atoms with E-state index in [-0.39, 0.29) is 5.91 Å². The maximum absolute atomic E-state index is 11.2. The van der Waals surface area contributed by atoms with Gasteiger partial charge in [-0.15, -0.1) is 0 Å². The van der Waals surface area contributed by atoms with Crippen molar-refractivity contribution in [3.8, 4) is 0 Å². The molecule has 2 atom stereocenters. The second-order valence-electron chi connectivity index (χ2n) is 8.76. The van der Waals surface area contributed by atoms with Gasteiger partial charge < -0.3 is 5.32 Å². The molecule has 0 bridgehead atoms. The molecule has 0 fully saturated rings. The molecule has 1 aliphatic rings. The number of carbonyl (C=O) groups is 1. The van der Waals surface area contributed by atoms with Crippen LogP contribution in [0.15, 0.2) is 17.1 Å². The minimum Gasteiger partial charge on any atom is -0.351 e. The van der Waals surface area contributed by atoms with E-state index >= 15 is 0 Å². The van der Waals surface area contributed by atoms with Gasteiger partial charge in [0.15, 0.2) is 6.17 Å². The van der Waals surface area contributed by atoms with Gasteiger partial charge in [-0.3, -0.25) is 9.28 Å². The van der Waals surface area contributed by atoms with E-state index in [1.807, 2.05) is 0 Å². The molecule has 0 radical (unpaired) electrons. The third kappa shape index (κ3) is 11.6. The maximum atomic E-state index is 11.2. The molecule has 4 nitrogen and oxygen atoms in total. The topological polar surface area (TPSA) is 41.5 Å². The zero-order valence-electron chi connectivity index (χ0n) is 19.6. The summed E-state index contributed by atoms with van der Waals surface area (Å²) in [4.78, 5) is 15.9. The third-order valence-electron chi connectivity index (χ3n) is 6.37. The summed E-state index contributed by atoms with van der Waals surface area (Å²) >= 11 is 0. The van der Waals surface area contributed by atoms with Crippen LogP contribution in [0.5, 0.6) is 0 Å². The summed E-state index contributed by atoms with van der Waals surface area (Å²) in [5, 5.41) is 2.96. The Morgan fingerprint density at radius 3 is 2.24 bits per heavy atom. The number of amides is 1. The van der Waals surface area contributed by atoms with Gasteiger partial charge in [-0.2, -0.15) is 0 Å². The second kappa shape index (κ2) is 16.6. The van der Waals surface area contributed by atoms with Crippen LogP contribution in [0.25, 0.3) is 0 Å². The maximum Gasteiger partial charge on any atom is 0.217 e. The SMILES string of the molecule is CCC/C=C/CCCCCCCCCCCC1N=CC[N+]1(CC)CCNC(C)=O. The van der Waals surface area contributed by atoms with Gasteiger partial charge in [-0.1, -0.05) is 70.4 Å². The molecule has 0 spiro atoms. The fraction of sp³-hybridized carbons (Fsp3) is 0.840. The molecule has 0 aromatic heterocycles. The van der Waals surface area contributed by atoms with Gasteiger partial charge in [0, 0.05) is 13.3 Å². The summed E-state index contributed by atoms with van der Waals surface area (Å²) in [6.07, 6.45) is 24.5. The molecule has 29 heavy (non-hydrogen) atoms. The first kappa shape index (κ1) is 25.9. The largest absolute Gasteiger partial charge is 0.351 e. The zero-order valence-corrected chi connectivity index (χ0v) is 19.6. The fourth-order valence-electron chi connectivity index (χ4n) is 4.36. The van der Waals surface area contributed by atoms with Crippen LogP contribution >= 0.6 is 0 Å². The predicted molar refractivity (Wildman–Crippen MR) is 126 cm³/mol. The van der Waals surface area contributed by atoms with Crippen molar-refractivity contribution in [3.63, 3.8) is 0 Å². The molecule has 1 N–H and O–H groups in total. The number of hydrogen-bond acceptors (Lipinski definition) is 2. The molecular weight excluding hydrogens is 358 g/mol. The Bertz CT molecular complexity index is 475. The lowest BCUT2D eigenvalue weighted by Crippen LogP contribution is -2.55. The fourth-order valence-corrected chi connectivity index (χ4v) is 4.36. The summed E-state index contributed by atoms with van der Waals surface area (Å²) < 4.78 is 1.02. The van der Waals surface area contributed by atoms with Gasteiger partial charge in [0.1, 0.15) is 6.54 Å². The minimum atomic E-state index is 0.0692. The molecule has 1 rings (SSSR count). The number of likely N-dealkylation sites (N-methyl/N-ethyl adjacent to an activating group) is 1. The molecule has 0 saturated heterocycles. The molecule has 1 amide bonds. The summed E-state index contributed by atoms with van der Waals surface area (Å²) in [7, 11) is 0. The Labute approximate surface area is 180 Å². The Balaban J connectivity index is 2.02. The first-order valence-corrected chi connectivity index (χ1v) is 12.4. The van der Waals surface area contributed by atoms with Crippen molar-refractivity contribution in [1.29, 1.82) is 0 Å². The van der Waals surface area contributed by atoms with E-state index < -0.39 is 0 Å². The number of carbonyl (C=O) groups excluding carboxylic acids is 1. The smallest absolute Gasteiger partial charge is 0.217 e. The van der Waals surface area contributed by atoms with Gasteiger partial charge in [-0.05, 0) is 32.6 Å². The lowest BCUT2D eigenvalue weighted by molar-refractivity contribution is -0.935. The Morgan fingerprint density at radius 1 is 1.00 bits per heavy atom. The minimum absolute atomic E-state index is 0.0692. The number of quaternary nitrogens is 1. The van der Waals surface area contributed by atoms with Crippen molar-refractivity contribution in [2.24, 2.45) is 4.99 Å². The van der Waals surface area contributed by atoms with Gasteiger partial charge in [0.25, 0.3) is 0 Å². The van der Waals surface area contributed by atoms with E-state index in [2.05, 4.69) is 37.5 Å². The Morgan fingerprint density at radius 2 is 1.62 bits per heavy atom. The average Bonchev–Trinajstić information content (AvgIpc) is 3.11. The van der Waals surface area contributed by atoms with Crippen LogP contribution in [0.2, 0.25) is 0 Å². The molecule has 1 heterocycles. The highest BCUT2D eigenvalue weighted by molar-refractivity contribution is 5.72. The molecule has 0 saturated carbocycles. The Hall–Kier alpha value is -1.16. The normalized spacial score (nSPS) is 21.3. The average molecular weight is 407 g/mol. The summed E-state index contributed by atoms with van der Waals surface area (Å²) in [6.45, 7) is 9.97. The highest BCUT2D eigenvalue weighted by Crippen LogP contribution is 2.24. The summed E-state index contributed by atoms with van der Waals surface area (Å²) in [5.41, 5.74) is 0. The number of aliphatic imine (C=N–C) groups is 1. The van der Waals surface area contributed by atoms with Crippen LogP contribution in [0.3, 0.4) is 0 Å². The van der Waals surface area contributed by atoms with Gasteiger partial charge in [0.05, 0.1) is 25.8 Å². The molecule has 0 aliphatic carbocycles. The van der Waals surface area contributed by atoms with E-state index in [0.29, 0.717) is 6.17 Å². The molecule has 168 valence electrons. The number of nitrogens with one attached hydrogen (secondary N) is 1. The van der Waals surface area contributed by atoms with E-state index in [9.17, 15) is 4.79 Å². The van der Waals surface area contributed by atoms with Gasteiger partial charge >= 0.3 is 0 Å². The van der Waals surface area contributed by atoms with Crippen LogP contribution in [-0.2, 0) is 4.79 Å². The molecule has 4 heteroatoms. The number of allylic oxidation sites excluding steroid dienone is 2. The number of hydrogen-bond donors (Lipinski definition) is 1. The van der Waals surface area contributed by atoms with Crippen LogP contribution in [0, 0.1) is 0 Å². The highest BCUT2D eigenvalue weighted by Gasteiger charge is 2.37. The van der Waals surface area contributed by atoms with Crippen LogP contribution in [0.1, 0.15) is 104 Å². The molecular formula is C25H48N3O+. The van der Waals surface area contributed by atoms with Crippen molar-refractivity contribution in [2.75, 3.05) is 26.2 Å². The number of rotatable bonds is 18. The predicted octanol–water partition coefficient (Wildman–Crippen LogP) is 6.02. The van der Waals surface area contributed by atoms with E-state index in [0.717, 1.165) is 30.7 Å². The lowest BCUT2D eigenvalue weighted by atomic mass is 10.0. The number of unbranched alkanes of at least 4 members (excludes halogenated alkanes) is 10. The van der Waals surface area contributed by atoms with Crippen molar-refractivity contribution in [3.05, 3.63) is 12.2 Å². The second-order valence-corrected chi connectivity index (χ2v) is 8.76. The van der Waals surface area contributed by atoms with Crippen LogP contribution in [0.4, 0.5) is 0 Å². The molecule has 1 aliphatic heterocycles. The van der Waals surface area contributed by atoms with Crippen molar-refractivity contribution in [2.45, 2.75) is 110 Å². The monoisotopic (exact) mass is 406 g/mol. The van der Waals surface area contributed by atoms with E-state index in [1.165, 1.54) is 83.5 Å². The van der Waals surface area contributed by atoms with Crippen LogP contribution < -0.4 is 5.32 Å².